The molecule has 0 radical (unpaired) electrons. The number of ether oxygens (including phenoxy) is 1. The molecule has 1 aromatic heterocycles. The highest BCUT2D eigenvalue weighted by Gasteiger charge is 2.22. The molecule has 2 amide bonds. The Balaban J connectivity index is 1.57. The average Bonchev–Trinajstić information content (AvgIpc) is 3.18. The zero-order valence-electron chi connectivity index (χ0n) is 18.1. The number of aromatic nitrogens is 2. The van der Waals surface area contributed by atoms with Gasteiger partial charge in [0.2, 0.25) is 11.8 Å². The molecule has 31 heavy (non-hydrogen) atoms. The summed E-state index contributed by atoms with van der Waals surface area (Å²) in [6.07, 6.45) is 2.34. The van der Waals surface area contributed by atoms with Gasteiger partial charge in [0, 0.05) is 32.8 Å². The first-order chi connectivity index (χ1) is 15.0. The Morgan fingerprint density at radius 1 is 1.06 bits per heavy atom. The third kappa shape index (κ3) is 5.72. The predicted octanol–water partition coefficient (Wildman–Crippen LogP) is 2.84. The summed E-state index contributed by atoms with van der Waals surface area (Å²) in [5.74, 6) is -0.0971. The topological polar surface area (TPSA) is 76.5 Å². The molecule has 1 N–H and O–H groups in total. The first kappa shape index (κ1) is 22.1. The number of aryl methyl sites for hydroxylation is 1. The number of hydrogen-bond donors (Lipinski definition) is 1. The lowest BCUT2D eigenvalue weighted by molar-refractivity contribution is -0.121. The Morgan fingerprint density at radius 2 is 1.65 bits per heavy atom. The zero-order valence-corrected chi connectivity index (χ0v) is 18.1. The Kier molecular flexibility index (Phi) is 7.43. The van der Waals surface area contributed by atoms with Crippen LogP contribution in [0.2, 0.25) is 0 Å². The Hall–Kier alpha value is -3.61. The minimum Gasteiger partial charge on any atom is -0.479 e. The quantitative estimate of drug-likeness (QED) is 0.578. The summed E-state index contributed by atoms with van der Waals surface area (Å²) in [5, 5.41) is 7.02. The van der Waals surface area contributed by atoms with E-state index in [4.69, 9.17) is 4.74 Å². The number of likely N-dealkylation sites (N-methyl/N-ethyl adjacent to an activating group) is 1. The summed E-state index contributed by atoms with van der Waals surface area (Å²) in [6, 6.07) is 20.5. The maximum Gasteiger partial charge on any atom is 0.261 e. The molecule has 0 saturated carbocycles. The highest BCUT2D eigenvalue weighted by atomic mass is 16.5. The van der Waals surface area contributed by atoms with E-state index < -0.39 is 0 Å². The van der Waals surface area contributed by atoms with E-state index in [0.717, 1.165) is 6.42 Å². The monoisotopic (exact) mass is 420 g/mol. The molecule has 0 aliphatic heterocycles. The summed E-state index contributed by atoms with van der Waals surface area (Å²) in [5.41, 5.74) is 2.74. The molecule has 3 aromatic rings. The molecule has 3 rings (SSSR count). The van der Waals surface area contributed by atoms with Crippen LogP contribution in [0.4, 0.5) is 0 Å². The van der Waals surface area contributed by atoms with E-state index >= 15 is 0 Å². The molecule has 0 spiro atoms. The van der Waals surface area contributed by atoms with Gasteiger partial charge in [0.15, 0.2) is 0 Å². The second-order valence-corrected chi connectivity index (χ2v) is 7.40. The number of benzene rings is 2. The lowest BCUT2D eigenvalue weighted by Gasteiger charge is -2.20. The number of nitrogens with one attached hydrogen (secondary N) is 1. The summed E-state index contributed by atoms with van der Waals surface area (Å²) in [7, 11) is 4.76. The molecule has 1 heterocycles. The molecule has 0 saturated heterocycles. The molecule has 0 atom stereocenters. The van der Waals surface area contributed by atoms with Gasteiger partial charge >= 0.3 is 0 Å². The highest BCUT2D eigenvalue weighted by Crippen LogP contribution is 2.27. The van der Waals surface area contributed by atoms with E-state index in [0.29, 0.717) is 12.1 Å². The molecule has 0 unspecified atom stereocenters. The second kappa shape index (κ2) is 10.4. The van der Waals surface area contributed by atoms with Gasteiger partial charge in [-0.05, 0) is 17.5 Å². The van der Waals surface area contributed by atoms with Crippen LogP contribution in [0, 0.1) is 0 Å². The summed E-state index contributed by atoms with van der Waals surface area (Å²) in [6.45, 7) is 0.462. The third-order valence-corrected chi connectivity index (χ3v) is 5.11. The van der Waals surface area contributed by atoms with E-state index in [1.165, 1.54) is 27.8 Å². The molecule has 7 nitrogen and oxygen atoms in total. The SMILES string of the molecule is COc1nn(C)cc1C(=O)N(C)CC(=O)NCCC(c1ccccc1)c1ccccc1. The molecule has 2 aromatic carbocycles. The van der Waals surface area contributed by atoms with Gasteiger partial charge in [-0.2, -0.15) is 0 Å². The average molecular weight is 421 g/mol. The molecule has 162 valence electrons. The van der Waals surface area contributed by atoms with Crippen molar-refractivity contribution in [3.63, 3.8) is 0 Å². The van der Waals surface area contributed by atoms with Crippen molar-refractivity contribution in [1.29, 1.82) is 0 Å². The molecule has 7 heteroatoms. The normalized spacial score (nSPS) is 10.7. The van der Waals surface area contributed by atoms with Crippen molar-refractivity contribution >= 4 is 11.8 Å². The van der Waals surface area contributed by atoms with Gasteiger partial charge in [-0.15, -0.1) is 5.10 Å². The highest BCUT2D eigenvalue weighted by molar-refractivity contribution is 5.98. The van der Waals surface area contributed by atoms with E-state index in [1.54, 1.807) is 20.3 Å². The fourth-order valence-corrected chi connectivity index (χ4v) is 3.57. The first-order valence-corrected chi connectivity index (χ1v) is 10.2. The summed E-state index contributed by atoms with van der Waals surface area (Å²) < 4.78 is 6.64. The van der Waals surface area contributed by atoms with Gasteiger partial charge < -0.3 is 15.0 Å². The van der Waals surface area contributed by atoms with E-state index in [1.807, 2.05) is 36.4 Å². The first-order valence-electron chi connectivity index (χ1n) is 10.2. The van der Waals surface area contributed by atoms with Crippen molar-refractivity contribution < 1.29 is 14.3 Å². The van der Waals surface area contributed by atoms with Crippen LogP contribution in [0.1, 0.15) is 33.8 Å². The summed E-state index contributed by atoms with van der Waals surface area (Å²) >= 11 is 0. The number of carbonyl (C=O) groups is 2. The van der Waals surface area contributed by atoms with Crippen LogP contribution in [0.5, 0.6) is 5.88 Å². The fraction of sp³-hybridized carbons (Fsp3) is 0.292. The number of amides is 2. The van der Waals surface area contributed by atoms with E-state index in [2.05, 4.69) is 34.7 Å². The standard InChI is InChI=1S/C24H28N4O3/c1-27(24(30)21-16-28(2)26-23(21)31-3)17-22(29)25-15-14-20(18-10-6-4-7-11-18)19-12-8-5-9-13-19/h4-13,16,20H,14-15,17H2,1-3H3,(H,25,29). The molecular weight excluding hydrogens is 392 g/mol. The van der Waals surface area contributed by atoms with Crippen LogP contribution in [-0.4, -0.2) is 53.7 Å². The van der Waals surface area contributed by atoms with Gasteiger partial charge in [0.1, 0.15) is 5.56 Å². The van der Waals surface area contributed by atoms with Gasteiger partial charge in [0.25, 0.3) is 5.91 Å². The Morgan fingerprint density at radius 3 is 2.19 bits per heavy atom. The van der Waals surface area contributed by atoms with Crippen molar-refractivity contribution in [3.05, 3.63) is 83.6 Å². The van der Waals surface area contributed by atoms with E-state index in [-0.39, 0.29) is 30.2 Å². The van der Waals surface area contributed by atoms with Crippen molar-refractivity contribution in [2.24, 2.45) is 7.05 Å². The largest absolute Gasteiger partial charge is 0.479 e. The van der Waals surface area contributed by atoms with Gasteiger partial charge in [-0.25, -0.2) is 0 Å². The minimum atomic E-state index is -0.313. The third-order valence-electron chi connectivity index (χ3n) is 5.11. The molecule has 0 bridgehead atoms. The fourth-order valence-electron chi connectivity index (χ4n) is 3.57. The number of hydrogen-bond acceptors (Lipinski definition) is 4. The van der Waals surface area contributed by atoms with Gasteiger partial charge in [-0.3, -0.25) is 14.3 Å². The predicted molar refractivity (Wildman–Crippen MR) is 119 cm³/mol. The van der Waals surface area contributed by atoms with Gasteiger partial charge in [0.05, 0.1) is 13.7 Å². The lowest BCUT2D eigenvalue weighted by atomic mass is 9.88. The van der Waals surface area contributed by atoms with Crippen LogP contribution in [-0.2, 0) is 11.8 Å². The van der Waals surface area contributed by atoms with Crippen LogP contribution in [0.3, 0.4) is 0 Å². The Labute approximate surface area is 182 Å². The smallest absolute Gasteiger partial charge is 0.261 e. The van der Waals surface area contributed by atoms with Crippen molar-refractivity contribution in [1.82, 2.24) is 20.0 Å². The second-order valence-electron chi connectivity index (χ2n) is 7.40. The van der Waals surface area contributed by atoms with Crippen LogP contribution in [0.15, 0.2) is 66.9 Å². The molecule has 0 fully saturated rings. The van der Waals surface area contributed by atoms with Crippen molar-refractivity contribution in [3.8, 4) is 5.88 Å². The number of nitrogens with zero attached hydrogens (tertiary/aromatic N) is 3. The molecule has 0 aliphatic rings. The summed E-state index contributed by atoms with van der Waals surface area (Å²) in [4.78, 5) is 26.4. The molecular formula is C24H28N4O3. The Bertz CT molecular complexity index is 963. The number of rotatable bonds is 9. The van der Waals surface area contributed by atoms with Crippen molar-refractivity contribution in [2.45, 2.75) is 12.3 Å². The minimum absolute atomic E-state index is 0.0434. The van der Waals surface area contributed by atoms with Crippen LogP contribution >= 0.6 is 0 Å². The lowest BCUT2D eigenvalue weighted by Crippen LogP contribution is -2.39. The maximum atomic E-state index is 12.6. The molecule has 0 aliphatic carbocycles. The van der Waals surface area contributed by atoms with Crippen LogP contribution < -0.4 is 10.1 Å². The zero-order chi connectivity index (χ0) is 22.2. The number of methoxy groups -OCH3 is 1. The maximum absolute atomic E-state index is 12.6. The van der Waals surface area contributed by atoms with Gasteiger partial charge in [-0.1, -0.05) is 60.7 Å². The van der Waals surface area contributed by atoms with Crippen LogP contribution in [0.25, 0.3) is 0 Å². The van der Waals surface area contributed by atoms with Crippen molar-refractivity contribution in [2.75, 3.05) is 27.2 Å². The van der Waals surface area contributed by atoms with E-state index in [9.17, 15) is 9.59 Å². The number of carbonyl (C=O) groups excluding carboxylic acids is 2.